The fourth-order valence-corrected chi connectivity index (χ4v) is 4.19. The minimum atomic E-state index is -0.220. The number of halogens is 1. The summed E-state index contributed by atoms with van der Waals surface area (Å²) in [6.07, 6.45) is 0.493. The first-order valence-electron chi connectivity index (χ1n) is 5.09. The van der Waals surface area contributed by atoms with Gasteiger partial charge in [0.15, 0.2) is 5.78 Å². The molecule has 0 radical (unpaired) electrons. The van der Waals surface area contributed by atoms with Crippen LogP contribution in [0.25, 0.3) is 0 Å². The zero-order chi connectivity index (χ0) is 11.5. The maximum absolute atomic E-state index is 12.1. The molecule has 3 rings (SSSR count). The minimum absolute atomic E-state index is 0.0632. The summed E-state index contributed by atoms with van der Waals surface area (Å²) in [4.78, 5) is 24.1. The average molecular weight is 300 g/mol. The van der Waals surface area contributed by atoms with Crippen molar-refractivity contribution in [1.29, 1.82) is 0 Å². The predicted molar refractivity (Wildman–Crippen MR) is 67.4 cm³/mol. The highest BCUT2D eigenvalue weighted by atomic mass is 79.9. The van der Waals surface area contributed by atoms with Gasteiger partial charge in [0.1, 0.15) is 0 Å². The van der Waals surface area contributed by atoms with Crippen molar-refractivity contribution in [3.63, 3.8) is 0 Å². The molecule has 0 unspecified atom stereocenters. The summed E-state index contributed by atoms with van der Waals surface area (Å²) in [5.74, 6) is 1.87. The topological polar surface area (TPSA) is 39.1 Å². The summed E-state index contributed by atoms with van der Waals surface area (Å²) >= 11 is 5.07. The summed E-state index contributed by atoms with van der Waals surface area (Å²) in [7, 11) is 0. The Morgan fingerprint density at radius 2 is 2.12 bits per heavy atom. The number of pyridine rings is 1. The van der Waals surface area contributed by atoms with Crippen molar-refractivity contribution in [3.05, 3.63) is 32.2 Å². The summed E-state index contributed by atoms with van der Waals surface area (Å²) < 4.78 is 2.28. The summed E-state index contributed by atoms with van der Waals surface area (Å²) in [5, 5.41) is 0. The van der Waals surface area contributed by atoms with Crippen LogP contribution >= 0.6 is 27.7 Å². The molecule has 0 saturated carbocycles. The van der Waals surface area contributed by atoms with Gasteiger partial charge in [-0.05, 0) is 34.5 Å². The SMILES string of the molecule is Cc1cc(Br)c(=O)n2c1C(=O)CC21CSC1. The van der Waals surface area contributed by atoms with E-state index < -0.39 is 0 Å². The number of rotatable bonds is 0. The number of nitrogens with zero attached hydrogens (tertiary/aromatic N) is 1. The van der Waals surface area contributed by atoms with Crippen LogP contribution in [-0.4, -0.2) is 21.9 Å². The van der Waals surface area contributed by atoms with E-state index in [1.807, 2.05) is 6.92 Å². The van der Waals surface area contributed by atoms with Gasteiger partial charge in [-0.2, -0.15) is 11.8 Å². The van der Waals surface area contributed by atoms with Crippen molar-refractivity contribution in [2.24, 2.45) is 0 Å². The second-order valence-corrected chi connectivity index (χ2v) is 6.32. The van der Waals surface area contributed by atoms with Crippen molar-refractivity contribution in [2.45, 2.75) is 18.9 Å². The second-order valence-electron chi connectivity index (χ2n) is 4.48. The molecule has 1 aromatic rings. The van der Waals surface area contributed by atoms with Gasteiger partial charge < -0.3 is 0 Å². The van der Waals surface area contributed by atoms with Crippen molar-refractivity contribution >= 4 is 33.5 Å². The zero-order valence-electron chi connectivity index (χ0n) is 8.75. The lowest BCUT2D eigenvalue weighted by molar-refractivity contribution is 0.0977. The molecule has 1 aromatic heterocycles. The molecule has 3 nitrogen and oxygen atoms in total. The standard InChI is InChI=1S/C11H10BrNO2S/c1-6-2-7(12)10(15)13-9(6)8(14)3-11(13)4-16-5-11/h2H,3-5H2,1H3. The molecular formula is C11H10BrNO2S. The smallest absolute Gasteiger partial charge is 0.266 e. The first kappa shape index (κ1) is 10.6. The largest absolute Gasteiger partial charge is 0.296 e. The number of carbonyl (C=O) groups excluding carboxylic acids is 1. The van der Waals surface area contributed by atoms with Gasteiger partial charge in [0, 0.05) is 17.9 Å². The number of aromatic nitrogens is 1. The highest BCUT2D eigenvalue weighted by molar-refractivity contribution is 9.10. The van der Waals surface area contributed by atoms with E-state index in [0.29, 0.717) is 16.6 Å². The third kappa shape index (κ3) is 1.16. The Kier molecular flexibility index (Phi) is 2.14. The number of carbonyl (C=O) groups is 1. The molecule has 84 valence electrons. The van der Waals surface area contributed by atoms with Gasteiger partial charge in [0.25, 0.3) is 5.56 Å². The van der Waals surface area contributed by atoms with Crippen molar-refractivity contribution in [2.75, 3.05) is 11.5 Å². The van der Waals surface area contributed by atoms with E-state index in [0.717, 1.165) is 17.1 Å². The molecule has 0 bridgehead atoms. The van der Waals surface area contributed by atoms with Crippen molar-refractivity contribution in [1.82, 2.24) is 4.57 Å². The minimum Gasteiger partial charge on any atom is -0.296 e. The maximum Gasteiger partial charge on any atom is 0.266 e. The monoisotopic (exact) mass is 299 g/mol. The Hall–Kier alpha value is -0.550. The maximum atomic E-state index is 12.1. The Bertz CT molecular complexity index is 560. The number of hydrogen-bond acceptors (Lipinski definition) is 3. The molecule has 5 heteroatoms. The molecular weight excluding hydrogens is 290 g/mol. The lowest BCUT2D eigenvalue weighted by Gasteiger charge is -2.38. The molecule has 16 heavy (non-hydrogen) atoms. The molecule has 2 aliphatic heterocycles. The van der Waals surface area contributed by atoms with E-state index in [1.165, 1.54) is 0 Å². The van der Waals surface area contributed by atoms with E-state index in [9.17, 15) is 9.59 Å². The van der Waals surface area contributed by atoms with Crippen LogP contribution in [-0.2, 0) is 5.54 Å². The van der Waals surface area contributed by atoms with Gasteiger partial charge in [0.05, 0.1) is 15.7 Å². The van der Waals surface area contributed by atoms with Crippen LogP contribution in [0.2, 0.25) is 0 Å². The van der Waals surface area contributed by atoms with Gasteiger partial charge >= 0.3 is 0 Å². The molecule has 0 N–H and O–H groups in total. The lowest BCUT2D eigenvalue weighted by Crippen LogP contribution is -2.48. The highest BCUT2D eigenvalue weighted by Gasteiger charge is 2.49. The van der Waals surface area contributed by atoms with Crippen LogP contribution in [0.5, 0.6) is 0 Å². The molecule has 1 saturated heterocycles. The quantitative estimate of drug-likeness (QED) is 0.735. The van der Waals surface area contributed by atoms with Gasteiger partial charge in [-0.3, -0.25) is 14.2 Å². The van der Waals surface area contributed by atoms with Gasteiger partial charge in [0.2, 0.25) is 0 Å². The van der Waals surface area contributed by atoms with Crippen LogP contribution in [0.3, 0.4) is 0 Å². The highest BCUT2D eigenvalue weighted by Crippen LogP contribution is 2.44. The Labute approximate surface area is 105 Å². The number of fused-ring (bicyclic) bond motifs is 2. The summed E-state index contributed by atoms with van der Waals surface area (Å²) in [6, 6.07) is 1.75. The van der Waals surface area contributed by atoms with E-state index >= 15 is 0 Å². The number of thioether (sulfide) groups is 1. The van der Waals surface area contributed by atoms with E-state index in [-0.39, 0.29) is 16.9 Å². The zero-order valence-corrected chi connectivity index (χ0v) is 11.2. The molecule has 1 fully saturated rings. The molecule has 0 aromatic carbocycles. The third-order valence-electron chi connectivity index (χ3n) is 3.32. The van der Waals surface area contributed by atoms with Gasteiger partial charge in [-0.25, -0.2) is 0 Å². The predicted octanol–water partition coefficient (Wildman–Crippen LogP) is 1.95. The van der Waals surface area contributed by atoms with Crippen molar-refractivity contribution < 1.29 is 4.79 Å². The van der Waals surface area contributed by atoms with Crippen LogP contribution in [0.4, 0.5) is 0 Å². The molecule has 0 amide bonds. The number of hydrogen-bond donors (Lipinski definition) is 0. The Morgan fingerprint density at radius 3 is 2.69 bits per heavy atom. The van der Waals surface area contributed by atoms with Crippen LogP contribution in [0, 0.1) is 6.92 Å². The van der Waals surface area contributed by atoms with E-state index in [1.54, 1.807) is 22.4 Å². The Balaban J connectivity index is 2.38. The van der Waals surface area contributed by atoms with Gasteiger partial charge in [-0.15, -0.1) is 0 Å². The second kappa shape index (κ2) is 3.23. The number of ketones is 1. The summed E-state index contributed by atoms with van der Waals surface area (Å²) in [6.45, 7) is 1.89. The summed E-state index contributed by atoms with van der Waals surface area (Å²) in [5.41, 5.74) is 1.23. The molecule has 0 atom stereocenters. The van der Waals surface area contributed by atoms with Gasteiger partial charge in [-0.1, -0.05) is 0 Å². The lowest BCUT2D eigenvalue weighted by atomic mass is 10.0. The fourth-order valence-electron chi connectivity index (χ4n) is 2.53. The number of Topliss-reactive ketones (excluding diaryl/α,β-unsaturated/α-hetero) is 1. The van der Waals surface area contributed by atoms with E-state index in [4.69, 9.17) is 0 Å². The Morgan fingerprint density at radius 1 is 1.44 bits per heavy atom. The van der Waals surface area contributed by atoms with Crippen LogP contribution in [0.15, 0.2) is 15.3 Å². The van der Waals surface area contributed by atoms with Crippen LogP contribution < -0.4 is 5.56 Å². The van der Waals surface area contributed by atoms with E-state index in [2.05, 4.69) is 15.9 Å². The van der Waals surface area contributed by atoms with Crippen LogP contribution in [0.1, 0.15) is 22.5 Å². The third-order valence-corrected chi connectivity index (χ3v) is 5.37. The molecule has 2 aliphatic rings. The first-order valence-corrected chi connectivity index (χ1v) is 7.03. The molecule has 0 aliphatic carbocycles. The van der Waals surface area contributed by atoms with Crippen molar-refractivity contribution in [3.8, 4) is 0 Å². The normalized spacial score (nSPS) is 21.0. The molecule has 3 heterocycles. The number of aryl methyl sites for hydroxylation is 1. The first-order chi connectivity index (χ1) is 7.55. The molecule has 1 spiro atoms. The average Bonchev–Trinajstić information content (AvgIpc) is 2.48. The fraction of sp³-hybridized carbons (Fsp3) is 0.455.